The highest BCUT2D eigenvalue weighted by molar-refractivity contribution is 6.12. The van der Waals surface area contributed by atoms with E-state index in [1.807, 2.05) is 71.3 Å². The first-order valence-electron chi connectivity index (χ1n) is 16.0. The van der Waals surface area contributed by atoms with Gasteiger partial charge in [-0.15, -0.1) is 0 Å². The Morgan fingerprint density at radius 2 is 1.00 bits per heavy atom. The zero-order valence-electron chi connectivity index (χ0n) is 27.2. The van der Waals surface area contributed by atoms with Crippen molar-refractivity contribution in [1.82, 2.24) is 9.13 Å². The maximum absolute atomic E-state index is 8.85. The molecule has 0 radical (unpaired) electrons. The second-order valence-electron chi connectivity index (χ2n) is 9.30. The minimum atomic E-state index is -0.268. The van der Waals surface area contributed by atoms with Gasteiger partial charge in [-0.25, -0.2) is 0 Å². The van der Waals surface area contributed by atoms with E-state index in [1.165, 1.54) is 12.1 Å². The van der Waals surface area contributed by atoms with Gasteiger partial charge in [0.15, 0.2) is 0 Å². The molecule has 38 heavy (non-hydrogen) atoms. The molecule has 0 saturated heterocycles. The van der Waals surface area contributed by atoms with E-state index >= 15 is 0 Å². The second-order valence-corrected chi connectivity index (χ2v) is 9.30. The number of hydrogen-bond donors (Lipinski definition) is 0. The van der Waals surface area contributed by atoms with E-state index in [1.54, 1.807) is 0 Å². The van der Waals surface area contributed by atoms with E-state index < -0.39 is 0 Å². The normalized spacial score (nSPS) is 14.3. The van der Waals surface area contributed by atoms with Crippen LogP contribution in [0.15, 0.2) is 145 Å². The number of rotatable bonds is 3. The summed E-state index contributed by atoms with van der Waals surface area (Å²) in [6.07, 6.45) is 0. The summed E-state index contributed by atoms with van der Waals surface area (Å²) < 4.78 is 63.0. The molecular formula is C36H24N2. The van der Waals surface area contributed by atoms with E-state index in [9.17, 15) is 0 Å². The molecule has 2 nitrogen and oxygen atoms in total. The summed E-state index contributed by atoms with van der Waals surface area (Å²) in [6.45, 7) is 0. The van der Waals surface area contributed by atoms with Gasteiger partial charge in [0.05, 0.1) is 31.7 Å². The van der Waals surface area contributed by atoms with Crippen molar-refractivity contribution in [2.75, 3.05) is 0 Å². The first-order chi connectivity index (χ1) is 21.7. The molecule has 0 amide bonds. The van der Waals surface area contributed by atoms with Crippen LogP contribution in [0.5, 0.6) is 0 Å². The monoisotopic (exact) mass is 491 g/mol. The third-order valence-electron chi connectivity index (χ3n) is 7.24. The summed E-state index contributed by atoms with van der Waals surface area (Å²) in [7, 11) is 0. The molecule has 0 aliphatic heterocycles. The van der Waals surface area contributed by atoms with Crippen LogP contribution in [0, 0.1) is 0 Å². The van der Waals surface area contributed by atoms with Crippen molar-refractivity contribution in [3.63, 3.8) is 0 Å². The first kappa shape index (κ1) is 15.2. The van der Waals surface area contributed by atoms with E-state index in [0.717, 1.165) is 49.6 Å². The van der Waals surface area contributed by atoms with Crippen LogP contribution in [0.2, 0.25) is 0 Å². The smallest absolute Gasteiger partial charge is 0.0645 e. The van der Waals surface area contributed by atoms with Crippen LogP contribution in [0.25, 0.3) is 66.1 Å². The molecule has 178 valence electrons. The van der Waals surface area contributed by atoms with E-state index in [4.69, 9.17) is 9.60 Å². The quantitative estimate of drug-likeness (QED) is 0.233. The van der Waals surface area contributed by atoms with Gasteiger partial charge in [-0.2, -0.15) is 0 Å². The highest BCUT2D eigenvalue weighted by Crippen LogP contribution is 2.37. The van der Waals surface area contributed by atoms with Gasteiger partial charge in [-0.05, 0) is 53.6 Å². The Bertz CT molecular complexity index is 2490. The van der Waals surface area contributed by atoms with Crippen molar-refractivity contribution >= 4 is 43.6 Å². The maximum Gasteiger partial charge on any atom is 0.0645 e. The molecule has 0 N–H and O–H groups in total. The minimum Gasteiger partial charge on any atom is -0.309 e. The lowest BCUT2D eigenvalue weighted by Gasteiger charge is -2.12. The summed E-state index contributed by atoms with van der Waals surface area (Å²) >= 11 is 0. The van der Waals surface area contributed by atoms with E-state index in [-0.39, 0.29) is 42.3 Å². The van der Waals surface area contributed by atoms with Gasteiger partial charge in [0.25, 0.3) is 0 Å². The van der Waals surface area contributed by atoms with Crippen LogP contribution in [0.4, 0.5) is 0 Å². The van der Waals surface area contributed by atoms with Crippen molar-refractivity contribution in [3.05, 3.63) is 145 Å². The molecule has 8 rings (SSSR count). The topological polar surface area (TPSA) is 9.86 Å². The number of nitrogens with zero attached hydrogens (tertiary/aromatic N) is 2. The SMILES string of the molecule is [2H]c1cc([2H])c(-c2ccc(-n3c4ccccc4c4ccc(-n5c6ccccc6c6c([2H])c([2H])c([2H])c([2H])c65)cc43)cc2)c([2H])c1. The number of para-hydroxylation sites is 3. The minimum absolute atomic E-state index is 0.0553. The average Bonchev–Trinajstić information content (AvgIpc) is 3.56. The first-order valence-corrected chi connectivity index (χ1v) is 12.5. The summed E-state index contributed by atoms with van der Waals surface area (Å²) in [4.78, 5) is 0. The standard InChI is InChI=1S/C36H24N2/c1-2-10-25(11-3-1)26-18-20-27(21-19-26)37-33-15-7-6-14-31(33)32-23-22-28(24-36(32)37)38-34-16-8-4-12-29(34)30-13-5-9-17-35(30)38/h1-24H/i1D,4D,8D,10D,11D,12D,16D. The molecule has 6 aromatic carbocycles. The Balaban J connectivity index is 1.40. The van der Waals surface area contributed by atoms with Crippen molar-refractivity contribution in [3.8, 4) is 22.5 Å². The van der Waals surface area contributed by atoms with Crippen molar-refractivity contribution in [1.29, 1.82) is 0 Å². The van der Waals surface area contributed by atoms with Crippen molar-refractivity contribution in [2.24, 2.45) is 0 Å². The Hall–Kier alpha value is -5.08. The molecule has 2 heteroatoms. The predicted octanol–water partition coefficient (Wildman–Crippen LogP) is 9.55. The molecule has 0 spiro atoms. The van der Waals surface area contributed by atoms with Crippen molar-refractivity contribution in [2.45, 2.75) is 0 Å². The summed E-state index contributed by atoms with van der Waals surface area (Å²) in [5, 5.41) is 3.36. The van der Waals surface area contributed by atoms with Crippen LogP contribution in [0.1, 0.15) is 9.60 Å². The van der Waals surface area contributed by atoms with Crippen molar-refractivity contribution < 1.29 is 9.60 Å². The van der Waals surface area contributed by atoms with Gasteiger partial charge >= 0.3 is 0 Å². The summed E-state index contributed by atoms with van der Waals surface area (Å²) in [6, 6.07) is 32.3. The third kappa shape index (κ3) is 3.07. The molecule has 0 fully saturated rings. The van der Waals surface area contributed by atoms with Gasteiger partial charge in [0.1, 0.15) is 0 Å². The lowest BCUT2D eigenvalue weighted by Crippen LogP contribution is -1.97. The molecule has 0 aliphatic carbocycles. The zero-order chi connectivity index (χ0) is 31.1. The Kier molecular flexibility index (Phi) is 3.30. The summed E-state index contributed by atoms with van der Waals surface area (Å²) in [5.74, 6) is 0. The summed E-state index contributed by atoms with van der Waals surface area (Å²) in [5.41, 5.74) is 6.03. The molecule has 0 bridgehead atoms. The fourth-order valence-corrected chi connectivity index (χ4v) is 5.57. The molecule has 0 saturated carbocycles. The largest absolute Gasteiger partial charge is 0.309 e. The van der Waals surface area contributed by atoms with Gasteiger partial charge in [-0.3, -0.25) is 0 Å². The number of benzene rings is 6. The molecule has 0 aliphatic rings. The van der Waals surface area contributed by atoms with Gasteiger partial charge < -0.3 is 9.13 Å². The number of aromatic nitrogens is 2. The van der Waals surface area contributed by atoms with Crippen LogP contribution in [0.3, 0.4) is 0 Å². The molecule has 2 aromatic heterocycles. The Labute approximate surface area is 230 Å². The second kappa shape index (κ2) is 8.22. The highest BCUT2D eigenvalue weighted by Gasteiger charge is 2.16. The fraction of sp³-hybridized carbons (Fsp3) is 0. The lowest BCUT2D eigenvalue weighted by atomic mass is 10.1. The maximum atomic E-state index is 8.85. The number of hydrogen-bond acceptors (Lipinski definition) is 0. The van der Waals surface area contributed by atoms with Crippen LogP contribution in [-0.2, 0) is 0 Å². The fourth-order valence-electron chi connectivity index (χ4n) is 5.57. The predicted molar refractivity (Wildman–Crippen MR) is 161 cm³/mol. The molecular weight excluding hydrogens is 460 g/mol. The zero-order valence-corrected chi connectivity index (χ0v) is 20.2. The Morgan fingerprint density at radius 3 is 1.76 bits per heavy atom. The number of fused-ring (bicyclic) bond motifs is 6. The Morgan fingerprint density at radius 1 is 0.395 bits per heavy atom. The van der Waals surface area contributed by atoms with Gasteiger partial charge in [0, 0.05) is 32.9 Å². The van der Waals surface area contributed by atoms with E-state index in [0.29, 0.717) is 16.5 Å². The molecule has 2 heterocycles. The molecule has 8 aromatic rings. The molecule has 0 unspecified atom stereocenters. The van der Waals surface area contributed by atoms with Crippen LogP contribution < -0.4 is 0 Å². The third-order valence-corrected chi connectivity index (χ3v) is 7.24. The van der Waals surface area contributed by atoms with E-state index in [2.05, 4.69) is 28.8 Å². The molecule has 0 atom stereocenters. The van der Waals surface area contributed by atoms with Crippen LogP contribution in [-0.4, -0.2) is 9.13 Å². The van der Waals surface area contributed by atoms with Crippen LogP contribution >= 0.6 is 0 Å². The van der Waals surface area contributed by atoms with Gasteiger partial charge in [0.2, 0.25) is 0 Å². The average molecular weight is 492 g/mol. The lowest BCUT2D eigenvalue weighted by molar-refractivity contribution is 1.15. The highest BCUT2D eigenvalue weighted by atomic mass is 15.0. The van der Waals surface area contributed by atoms with Gasteiger partial charge in [-0.1, -0.05) is 103 Å².